The second-order valence-corrected chi connectivity index (χ2v) is 10.7. The van der Waals surface area contributed by atoms with Crippen LogP contribution >= 0.6 is 0 Å². The summed E-state index contributed by atoms with van der Waals surface area (Å²) in [5.41, 5.74) is 0.332. The Morgan fingerprint density at radius 3 is 2.63 bits per heavy atom. The van der Waals surface area contributed by atoms with Gasteiger partial charge in [-0.05, 0) is 63.3 Å². The summed E-state index contributed by atoms with van der Waals surface area (Å²) in [7, 11) is -3.58. The average molecular weight is 436 g/mol. The van der Waals surface area contributed by atoms with Crippen LogP contribution in [0, 0.1) is 0 Å². The minimum Gasteiger partial charge on any atom is -0.376 e. The molecular formula is C21H29N3O5S. The zero-order chi connectivity index (χ0) is 21.5. The van der Waals surface area contributed by atoms with Gasteiger partial charge in [-0.3, -0.25) is 9.59 Å². The Morgan fingerprint density at radius 2 is 1.97 bits per heavy atom. The normalized spacial score (nSPS) is 23.7. The number of hydrogen-bond acceptors (Lipinski definition) is 5. The predicted octanol–water partition coefficient (Wildman–Crippen LogP) is 1.39. The lowest BCUT2D eigenvalue weighted by Crippen LogP contribution is -2.44. The topological polar surface area (TPSA) is 96.0 Å². The van der Waals surface area contributed by atoms with Gasteiger partial charge in [0.1, 0.15) is 6.54 Å². The monoisotopic (exact) mass is 435 g/mol. The number of benzene rings is 1. The van der Waals surface area contributed by atoms with Crippen LogP contribution in [0.4, 0.5) is 5.69 Å². The van der Waals surface area contributed by atoms with Gasteiger partial charge >= 0.3 is 0 Å². The van der Waals surface area contributed by atoms with Crippen molar-refractivity contribution in [2.24, 2.45) is 0 Å². The molecule has 0 aromatic heterocycles. The Hall–Kier alpha value is -1.97. The summed E-state index contributed by atoms with van der Waals surface area (Å²) in [6, 6.07) is 4.79. The third-order valence-electron chi connectivity index (χ3n) is 6.27. The third kappa shape index (κ3) is 3.74. The first-order valence-electron chi connectivity index (χ1n) is 10.6. The van der Waals surface area contributed by atoms with Crippen LogP contribution in [0.2, 0.25) is 0 Å². The smallest absolute Gasteiger partial charge is 0.243 e. The lowest BCUT2D eigenvalue weighted by atomic mass is 9.86. The molecule has 0 aliphatic carbocycles. The maximum atomic E-state index is 13.1. The Kier molecular flexibility index (Phi) is 5.63. The molecule has 1 aromatic carbocycles. The third-order valence-corrected chi connectivity index (χ3v) is 8.16. The van der Waals surface area contributed by atoms with Crippen molar-refractivity contribution in [1.29, 1.82) is 0 Å². The molecule has 0 bridgehead atoms. The van der Waals surface area contributed by atoms with Crippen LogP contribution in [0.3, 0.4) is 0 Å². The maximum Gasteiger partial charge on any atom is 0.243 e. The summed E-state index contributed by atoms with van der Waals surface area (Å²) in [6.45, 7) is 5.65. The molecule has 0 radical (unpaired) electrons. The summed E-state index contributed by atoms with van der Waals surface area (Å²) in [6.07, 6.45) is 3.68. The highest BCUT2D eigenvalue weighted by Gasteiger charge is 2.45. The molecule has 8 nitrogen and oxygen atoms in total. The van der Waals surface area contributed by atoms with Gasteiger partial charge < -0.3 is 15.0 Å². The molecule has 3 heterocycles. The summed E-state index contributed by atoms with van der Waals surface area (Å²) < 4.78 is 32.9. The molecule has 30 heavy (non-hydrogen) atoms. The SMILES string of the molecule is CC1(C)C(=O)N(CC(=O)NCC2CCCO2)c2ccc(S(=O)(=O)N3CCCC3)cc21. The Labute approximate surface area is 177 Å². The van der Waals surface area contributed by atoms with Gasteiger partial charge in [-0.1, -0.05) is 0 Å². The number of hydrogen-bond donors (Lipinski definition) is 1. The van der Waals surface area contributed by atoms with E-state index in [1.54, 1.807) is 32.0 Å². The van der Waals surface area contributed by atoms with Crippen molar-refractivity contribution in [1.82, 2.24) is 9.62 Å². The van der Waals surface area contributed by atoms with Crippen molar-refractivity contribution in [3.8, 4) is 0 Å². The molecule has 3 aliphatic rings. The van der Waals surface area contributed by atoms with E-state index in [9.17, 15) is 18.0 Å². The second-order valence-electron chi connectivity index (χ2n) is 8.75. The predicted molar refractivity (Wildman–Crippen MR) is 112 cm³/mol. The van der Waals surface area contributed by atoms with Crippen molar-refractivity contribution >= 4 is 27.5 Å². The zero-order valence-electron chi connectivity index (χ0n) is 17.5. The zero-order valence-corrected chi connectivity index (χ0v) is 18.3. The molecule has 164 valence electrons. The van der Waals surface area contributed by atoms with Crippen LogP contribution in [-0.2, 0) is 29.8 Å². The number of rotatable bonds is 6. The molecule has 4 rings (SSSR count). The van der Waals surface area contributed by atoms with Gasteiger partial charge in [0.25, 0.3) is 0 Å². The van der Waals surface area contributed by atoms with E-state index in [-0.39, 0.29) is 29.4 Å². The summed E-state index contributed by atoms with van der Waals surface area (Å²) in [5.74, 6) is -0.461. The molecule has 1 unspecified atom stereocenters. The largest absolute Gasteiger partial charge is 0.376 e. The number of amides is 2. The molecule has 9 heteroatoms. The Morgan fingerprint density at radius 1 is 1.23 bits per heavy atom. The summed E-state index contributed by atoms with van der Waals surface area (Å²) in [5, 5.41) is 2.84. The molecule has 1 atom stereocenters. The van der Waals surface area contributed by atoms with Crippen LogP contribution in [-0.4, -0.2) is 63.4 Å². The fraction of sp³-hybridized carbons (Fsp3) is 0.619. The van der Waals surface area contributed by atoms with Crippen LogP contribution in [0.25, 0.3) is 0 Å². The fourth-order valence-electron chi connectivity index (χ4n) is 4.44. The van der Waals surface area contributed by atoms with Gasteiger partial charge in [0.2, 0.25) is 21.8 Å². The van der Waals surface area contributed by atoms with Gasteiger partial charge in [0, 0.05) is 31.9 Å². The molecule has 0 saturated carbocycles. The highest BCUT2D eigenvalue weighted by atomic mass is 32.2. The van der Waals surface area contributed by atoms with Gasteiger partial charge in [-0.15, -0.1) is 0 Å². The minimum atomic E-state index is -3.58. The van der Waals surface area contributed by atoms with Crippen molar-refractivity contribution in [2.75, 3.05) is 37.7 Å². The standard InChI is InChI=1S/C21H29N3O5S/c1-21(2)17-12-16(30(27,28)23-9-3-4-10-23)7-8-18(17)24(20(21)26)14-19(25)22-13-15-6-5-11-29-15/h7-8,12,15H,3-6,9-11,13-14H2,1-2H3,(H,22,25). The highest BCUT2D eigenvalue weighted by Crippen LogP contribution is 2.42. The fourth-order valence-corrected chi connectivity index (χ4v) is 5.98. The minimum absolute atomic E-state index is 0.0327. The highest BCUT2D eigenvalue weighted by molar-refractivity contribution is 7.89. The lowest BCUT2D eigenvalue weighted by molar-refractivity contribution is -0.125. The van der Waals surface area contributed by atoms with Crippen molar-refractivity contribution in [3.63, 3.8) is 0 Å². The molecular weight excluding hydrogens is 406 g/mol. The first kappa shape index (κ1) is 21.3. The van der Waals surface area contributed by atoms with Gasteiger partial charge in [0.15, 0.2) is 0 Å². The molecule has 1 aromatic rings. The first-order chi connectivity index (χ1) is 14.2. The number of fused-ring (bicyclic) bond motifs is 1. The molecule has 1 N–H and O–H groups in total. The molecule has 2 amide bonds. The van der Waals surface area contributed by atoms with Gasteiger partial charge in [-0.25, -0.2) is 8.42 Å². The van der Waals surface area contributed by atoms with Crippen molar-refractivity contribution < 1.29 is 22.7 Å². The number of nitrogens with one attached hydrogen (secondary N) is 1. The van der Waals surface area contributed by atoms with E-state index in [2.05, 4.69) is 5.32 Å². The number of carbonyl (C=O) groups excluding carboxylic acids is 2. The quantitative estimate of drug-likeness (QED) is 0.729. The van der Waals surface area contributed by atoms with E-state index < -0.39 is 15.4 Å². The molecule has 2 fully saturated rings. The average Bonchev–Trinajstić information content (AvgIpc) is 3.46. The number of carbonyl (C=O) groups is 2. The van der Waals surface area contributed by atoms with E-state index in [1.165, 1.54) is 9.21 Å². The lowest BCUT2D eigenvalue weighted by Gasteiger charge is -2.20. The van der Waals surface area contributed by atoms with Gasteiger partial charge in [0.05, 0.1) is 16.4 Å². The first-order valence-corrected chi connectivity index (χ1v) is 12.0. The molecule has 0 spiro atoms. The van der Waals surface area contributed by atoms with E-state index in [0.29, 0.717) is 30.9 Å². The Bertz CT molecular complexity index is 947. The van der Waals surface area contributed by atoms with Crippen LogP contribution in [0.15, 0.2) is 23.1 Å². The van der Waals surface area contributed by atoms with E-state index in [1.807, 2.05) is 0 Å². The van der Waals surface area contributed by atoms with E-state index in [0.717, 1.165) is 32.3 Å². The maximum absolute atomic E-state index is 13.1. The van der Waals surface area contributed by atoms with Crippen LogP contribution in [0.5, 0.6) is 0 Å². The van der Waals surface area contributed by atoms with Crippen LogP contribution < -0.4 is 10.2 Å². The van der Waals surface area contributed by atoms with E-state index in [4.69, 9.17) is 4.74 Å². The number of ether oxygens (including phenoxy) is 1. The number of sulfonamides is 1. The molecule has 2 saturated heterocycles. The van der Waals surface area contributed by atoms with Crippen LogP contribution in [0.1, 0.15) is 45.1 Å². The number of anilines is 1. The number of nitrogens with zero attached hydrogens (tertiary/aromatic N) is 2. The second kappa shape index (κ2) is 7.94. The van der Waals surface area contributed by atoms with E-state index >= 15 is 0 Å². The van der Waals surface area contributed by atoms with Gasteiger partial charge in [-0.2, -0.15) is 4.31 Å². The van der Waals surface area contributed by atoms with Crippen molar-refractivity contribution in [2.45, 2.75) is 55.9 Å². The molecule has 3 aliphatic heterocycles. The summed E-state index contributed by atoms with van der Waals surface area (Å²) in [4.78, 5) is 27.2. The van der Waals surface area contributed by atoms with Crippen molar-refractivity contribution in [3.05, 3.63) is 23.8 Å². The summed E-state index contributed by atoms with van der Waals surface area (Å²) >= 11 is 0. The Balaban J connectivity index is 1.54.